The molecule has 4 rings (SSSR count). The van der Waals surface area contributed by atoms with Crippen LogP contribution in [0.2, 0.25) is 0 Å². The molecular formula is C20H19N3O. The summed E-state index contributed by atoms with van der Waals surface area (Å²) in [6, 6.07) is 12.4. The summed E-state index contributed by atoms with van der Waals surface area (Å²) in [6.45, 7) is 4.69. The van der Waals surface area contributed by atoms with Crippen molar-refractivity contribution >= 4 is 22.5 Å². The number of aromatic nitrogens is 1. The van der Waals surface area contributed by atoms with Gasteiger partial charge in [0.05, 0.1) is 29.0 Å². The number of anilines is 1. The van der Waals surface area contributed by atoms with Gasteiger partial charge < -0.3 is 10.6 Å². The minimum absolute atomic E-state index is 0.0475. The van der Waals surface area contributed by atoms with Gasteiger partial charge >= 0.3 is 0 Å². The van der Waals surface area contributed by atoms with Gasteiger partial charge in [0, 0.05) is 18.0 Å². The third kappa shape index (κ3) is 2.07. The molecule has 0 saturated carbocycles. The lowest BCUT2D eigenvalue weighted by Crippen LogP contribution is -2.18. The van der Waals surface area contributed by atoms with E-state index in [1.807, 2.05) is 12.1 Å². The molecule has 24 heavy (non-hydrogen) atoms. The number of hydrogen-bond donors (Lipinski definition) is 1. The van der Waals surface area contributed by atoms with Crippen LogP contribution in [0, 0.1) is 13.8 Å². The number of nitrogens with two attached hydrogens (primary N) is 1. The number of nitrogen functional groups attached to an aromatic ring is 1. The fourth-order valence-electron chi connectivity index (χ4n) is 3.57. The van der Waals surface area contributed by atoms with Crippen LogP contribution in [-0.2, 0) is 6.54 Å². The van der Waals surface area contributed by atoms with E-state index in [1.54, 1.807) is 11.9 Å². The molecule has 0 spiro atoms. The lowest BCUT2D eigenvalue weighted by atomic mass is 9.96. The highest BCUT2D eigenvalue weighted by molar-refractivity contribution is 6.11. The second-order valence-corrected chi connectivity index (χ2v) is 6.59. The Morgan fingerprint density at radius 1 is 1.12 bits per heavy atom. The number of carbonyl (C=O) groups excluding carboxylic acids is 1. The van der Waals surface area contributed by atoms with Crippen LogP contribution in [0.1, 0.15) is 27.2 Å². The van der Waals surface area contributed by atoms with E-state index in [0.717, 1.165) is 27.7 Å². The van der Waals surface area contributed by atoms with Crippen LogP contribution in [0.15, 0.2) is 36.4 Å². The quantitative estimate of drug-likeness (QED) is 0.744. The first-order valence-corrected chi connectivity index (χ1v) is 8.01. The predicted octanol–water partition coefficient (Wildman–Crippen LogP) is 3.69. The summed E-state index contributed by atoms with van der Waals surface area (Å²) in [7, 11) is 1.78. The van der Waals surface area contributed by atoms with Crippen molar-refractivity contribution in [1.29, 1.82) is 0 Å². The lowest BCUT2D eigenvalue weighted by Gasteiger charge is -2.12. The predicted molar refractivity (Wildman–Crippen MR) is 96.9 cm³/mol. The fraction of sp³-hybridized carbons (Fsp3) is 0.200. The molecule has 4 heteroatoms. The average Bonchev–Trinajstić information content (AvgIpc) is 2.81. The molecule has 0 bridgehead atoms. The number of nitrogens with zero attached hydrogens (tertiary/aromatic N) is 2. The number of rotatable bonds is 1. The third-order valence-electron chi connectivity index (χ3n) is 4.61. The summed E-state index contributed by atoms with van der Waals surface area (Å²) < 4.78 is 0. The Hall–Kier alpha value is -2.88. The van der Waals surface area contributed by atoms with Crippen molar-refractivity contribution < 1.29 is 4.79 Å². The van der Waals surface area contributed by atoms with Crippen molar-refractivity contribution in [3.8, 4) is 11.1 Å². The number of benzene rings is 2. The van der Waals surface area contributed by atoms with Gasteiger partial charge in [-0.1, -0.05) is 47.5 Å². The molecule has 0 unspecified atom stereocenters. The van der Waals surface area contributed by atoms with Crippen molar-refractivity contribution in [2.75, 3.05) is 12.8 Å². The maximum atomic E-state index is 12.3. The lowest BCUT2D eigenvalue weighted by molar-refractivity contribution is 0.0817. The van der Waals surface area contributed by atoms with Gasteiger partial charge in [0.25, 0.3) is 5.91 Å². The zero-order chi connectivity index (χ0) is 17.0. The SMILES string of the molecule is Cc1cc(C)cc(-c2cccc3c(N)c4c(nc23)CN(C)C4=O)c1. The molecule has 2 aromatic carbocycles. The van der Waals surface area contributed by atoms with Gasteiger partial charge in [-0.15, -0.1) is 0 Å². The Morgan fingerprint density at radius 2 is 1.83 bits per heavy atom. The van der Waals surface area contributed by atoms with E-state index in [-0.39, 0.29) is 5.91 Å². The van der Waals surface area contributed by atoms with Gasteiger partial charge in [-0.05, 0) is 19.4 Å². The molecule has 0 radical (unpaired) electrons. The molecule has 2 heterocycles. The summed E-state index contributed by atoms with van der Waals surface area (Å²) in [6.07, 6.45) is 0. The molecule has 120 valence electrons. The number of fused-ring (bicyclic) bond motifs is 2. The first kappa shape index (κ1) is 14.7. The smallest absolute Gasteiger partial charge is 0.258 e. The summed E-state index contributed by atoms with van der Waals surface area (Å²) in [5.74, 6) is -0.0475. The Kier molecular flexibility index (Phi) is 3.10. The maximum absolute atomic E-state index is 12.3. The van der Waals surface area contributed by atoms with Crippen molar-refractivity contribution in [1.82, 2.24) is 9.88 Å². The van der Waals surface area contributed by atoms with Crippen LogP contribution in [0.25, 0.3) is 22.0 Å². The van der Waals surface area contributed by atoms with Gasteiger partial charge in [-0.3, -0.25) is 4.79 Å². The van der Waals surface area contributed by atoms with E-state index < -0.39 is 0 Å². The molecule has 4 nitrogen and oxygen atoms in total. The van der Waals surface area contributed by atoms with E-state index in [2.05, 4.69) is 38.1 Å². The summed E-state index contributed by atoms with van der Waals surface area (Å²) >= 11 is 0. The molecule has 0 saturated heterocycles. The Labute approximate surface area is 140 Å². The summed E-state index contributed by atoms with van der Waals surface area (Å²) in [4.78, 5) is 18.8. The fourth-order valence-corrected chi connectivity index (χ4v) is 3.57. The van der Waals surface area contributed by atoms with Crippen LogP contribution in [0.4, 0.5) is 5.69 Å². The monoisotopic (exact) mass is 317 g/mol. The van der Waals surface area contributed by atoms with Crippen molar-refractivity contribution in [3.05, 3.63) is 58.8 Å². The minimum atomic E-state index is -0.0475. The topological polar surface area (TPSA) is 59.2 Å². The number of aryl methyl sites for hydroxylation is 2. The molecule has 0 fully saturated rings. The number of para-hydroxylation sites is 1. The molecule has 1 aliphatic rings. The van der Waals surface area contributed by atoms with Gasteiger partial charge in [0.15, 0.2) is 0 Å². The Bertz CT molecular complexity index is 987. The molecule has 0 aliphatic carbocycles. The first-order chi connectivity index (χ1) is 11.5. The highest BCUT2D eigenvalue weighted by Crippen LogP contribution is 2.36. The van der Waals surface area contributed by atoms with Gasteiger partial charge in [-0.25, -0.2) is 4.98 Å². The first-order valence-electron chi connectivity index (χ1n) is 8.01. The molecule has 2 N–H and O–H groups in total. The minimum Gasteiger partial charge on any atom is -0.397 e. The van der Waals surface area contributed by atoms with Gasteiger partial charge in [0.2, 0.25) is 0 Å². The molecule has 1 aliphatic heterocycles. The van der Waals surface area contributed by atoms with Crippen LogP contribution in [0.3, 0.4) is 0 Å². The number of pyridine rings is 1. The zero-order valence-corrected chi connectivity index (χ0v) is 14.1. The van der Waals surface area contributed by atoms with E-state index >= 15 is 0 Å². The maximum Gasteiger partial charge on any atom is 0.258 e. The Morgan fingerprint density at radius 3 is 2.54 bits per heavy atom. The largest absolute Gasteiger partial charge is 0.397 e. The van der Waals surface area contributed by atoms with Crippen LogP contribution in [0.5, 0.6) is 0 Å². The van der Waals surface area contributed by atoms with E-state index in [4.69, 9.17) is 10.7 Å². The van der Waals surface area contributed by atoms with Crippen LogP contribution >= 0.6 is 0 Å². The molecule has 3 aromatic rings. The van der Waals surface area contributed by atoms with E-state index in [1.165, 1.54) is 11.1 Å². The van der Waals surface area contributed by atoms with E-state index in [9.17, 15) is 4.79 Å². The standard InChI is InChI=1S/C20H19N3O/c1-11-7-12(2)9-13(8-11)14-5-4-6-15-18(21)17-16(22-19(14)15)10-23(3)20(17)24/h4-9H,10H2,1-3H3,(H2,21,22). The molecular weight excluding hydrogens is 298 g/mol. The van der Waals surface area contributed by atoms with Gasteiger partial charge in [0.1, 0.15) is 0 Å². The normalized spacial score (nSPS) is 13.6. The number of hydrogen-bond acceptors (Lipinski definition) is 3. The third-order valence-corrected chi connectivity index (χ3v) is 4.61. The highest BCUT2D eigenvalue weighted by atomic mass is 16.2. The summed E-state index contributed by atoms with van der Waals surface area (Å²) in [5, 5.41) is 0.842. The highest BCUT2D eigenvalue weighted by Gasteiger charge is 2.30. The van der Waals surface area contributed by atoms with Crippen LogP contribution in [-0.4, -0.2) is 22.8 Å². The molecule has 0 atom stereocenters. The molecule has 1 amide bonds. The second kappa shape index (κ2) is 5.06. The second-order valence-electron chi connectivity index (χ2n) is 6.59. The van der Waals surface area contributed by atoms with Crippen molar-refractivity contribution in [2.45, 2.75) is 20.4 Å². The molecule has 1 aromatic heterocycles. The van der Waals surface area contributed by atoms with Crippen molar-refractivity contribution in [2.24, 2.45) is 0 Å². The summed E-state index contributed by atoms with van der Waals surface area (Å²) in [5.41, 5.74) is 13.7. The number of amides is 1. The van der Waals surface area contributed by atoms with Gasteiger partial charge in [-0.2, -0.15) is 0 Å². The average molecular weight is 317 g/mol. The van der Waals surface area contributed by atoms with E-state index in [0.29, 0.717) is 17.8 Å². The van der Waals surface area contributed by atoms with Crippen molar-refractivity contribution in [3.63, 3.8) is 0 Å². The Balaban J connectivity index is 2.04. The van der Waals surface area contributed by atoms with Crippen LogP contribution < -0.4 is 5.73 Å². The zero-order valence-electron chi connectivity index (χ0n) is 14.1. The number of carbonyl (C=O) groups is 1.